The molecule has 0 rings (SSSR count). The highest BCUT2D eigenvalue weighted by molar-refractivity contribution is 5.76. The summed E-state index contributed by atoms with van der Waals surface area (Å²) in [5, 5.41) is 14.7. The van der Waals surface area contributed by atoms with Gasteiger partial charge in [0.1, 0.15) is 0 Å². The van der Waals surface area contributed by atoms with Crippen LogP contribution in [-0.4, -0.2) is 36.2 Å². The van der Waals surface area contributed by atoms with E-state index in [1.165, 1.54) is 0 Å². The van der Waals surface area contributed by atoms with Gasteiger partial charge in [-0.3, -0.25) is 4.79 Å². The highest BCUT2D eigenvalue weighted by Crippen LogP contribution is 1.97. The highest BCUT2D eigenvalue weighted by Gasteiger charge is 2.10. The molecule has 0 aliphatic carbocycles. The van der Waals surface area contributed by atoms with Gasteiger partial charge in [0.25, 0.3) is 0 Å². The second-order valence-electron chi connectivity index (χ2n) is 4.00. The fourth-order valence-corrected chi connectivity index (χ4v) is 1.50. The number of aliphatic hydroxyl groups is 1. The Kier molecular flexibility index (Phi) is 8.33. The van der Waals surface area contributed by atoms with Crippen molar-refractivity contribution in [2.24, 2.45) is 0 Å². The lowest BCUT2D eigenvalue weighted by Crippen LogP contribution is -2.37. The van der Waals surface area contributed by atoms with E-state index in [4.69, 9.17) is 5.11 Å². The first kappa shape index (κ1) is 14.4. The molecule has 15 heavy (non-hydrogen) atoms. The zero-order chi connectivity index (χ0) is 11.7. The summed E-state index contributed by atoms with van der Waals surface area (Å²) < 4.78 is 0. The third kappa shape index (κ3) is 8.39. The molecular weight excluding hydrogens is 192 g/mol. The van der Waals surface area contributed by atoms with Crippen LogP contribution in [-0.2, 0) is 4.79 Å². The second-order valence-corrected chi connectivity index (χ2v) is 4.00. The van der Waals surface area contributed by atoms with Gasteiger partial charge in [-0.25, -0.2) is 0 Å². The smallest absolute Gasteiger partial charge is 0.221 e. The number of nitrogens with one attached hydrogen (secondary N) is 2. The molecule has 0 bridgehead atoms. The average Bonchev–Trinajstić information content (AvgIpc) is 2.14. The van der Waals surface area contributed by atoms with Crippen molar-refractivity contribution in [3.05, 3.63) is 0 Å². The van der Waals surface area contributed by atoms with Gasteiger partial charge in [-0.15, -0.1) is 0 Å². The number of amides is 1. The highest BCUT2D eigenvalue weighted by atomic mass is 16.2. The summed E-state index contributed by atoms with van der Waals surface area (Å²) in [7, 11) is 0. The Bertz CT molecular complexity index is 174. The van der Waals surface area contributed by atoms with Gasteiger partial charge in [0.2, 0.25) is 5.91 Å². The van der Waals surface area contributed by atoms with Gasteiger partial charge < -0.3 is 15.7 Å². The lowest BCUT2D eigenvalue weighted by Gasteiger charge is -2.16. The van der Waals surface area contributed by atoms with Crippen molar-refractivity contribution in [1.29, 1.82) is 0 Å². The summed E-state index contributed by atoms with van der Waals surface area (Å²) in [5.41, 5.74) is 0. The number of rotatable bonds is 8. The molecule has 1 amide bonds. The fourth-order valence-electron chi connectivity index (χ4n) is 1.50. The van der Waals surface area contributed by atoms with Crippen molar-refractivity contribution in [3.63, 3.8) is 0 Å². The zero-order valence-electron chi connectivity index (χ0n) is 10.0. The Hall–Kier alpha value is -0.610. The normalized spacial score (nSPS) is 14.7. The molecule has 0 aromatic carbocycles. The molecule has 3 N–H and O–H groups in total. The Morgan fingerprint density at radius 2 is 2.00 bits per heavy atom. The van der Waals surface area contributed by atoms with Crippen molar-refractivity contribution in [1.82, 2.24) is 10.6 Å². The van der Waals surface area contributed by atoms with Gasteiger partial charge in [-0.05, 0) is 33.2 Å². The monoisotopic (exact) mass is 216 g/mol. The Balaban J connectivity index is 3.63. The van der Waals surface area contributed by atoms with Crippen molar-refractivity contribution in [2.45, 2.75) is 52.1 Å². The number of hydrogen-bond acceptors (Lipinski definition) is 3. The van der Waals surface area contributed by atoms with Crippen LogP contribution in [0.2, 0.25) is 0 Å². The molecule has 0 saturated carbocycles. The maximum absolute atomic E-state index is 11.5. The number of carbonyl (C=O) groups excluding carboxylic acids is 1. The first-order valence-corrected chi connectivity index (χ1v) is 5.73. The number of aliphatic hydroxyl groups excluding tert-OH is 1. The van der Waals surface area contributed by atoms with Gasteiger partial charge in [0, 0.05) is 25.1 Å². The molecule has 4 nitrogen and oxygen atoms in total. The van der Waals surface area contributed by atoms with Crippen molar-refractivity contribution in [2.75, 3.05) is 13.2 Å². The first-order chi connectivity index (χ1) is 7.10. The van der Waals surface area contributed by atoms with Crippen molar-refractivity contribution < 1.29 is 9.90 Å². The molecule has 0 saturated heterocycles. The summed E-state index contributed by atoms with van der Waals surface area (Å²) in [5.74, 6) is 0.0777. The van der Waals surface area contributed by atoms with E-state index in [0.717, 1.165) is 19.4 Å². The van der Waals surface area contributed by atoms with Crippen LogP contribution in [0, 0.1) is 0 Å². The fraction of sp³-hybridized carbons (Fsp3) is 0.909. The van der Waals surface area contributed by atoms with Gasteiger partial charge in [0.15, 0.2) is 0 Å². The minimum Gasteiger partial charge on any atom is -0.396 e. The predicted molar refractivity (Wildman–Crippen MR) is 61.7 cm³/mol. The second kappa shape index (κ2) is 8.68. The van der Waals surface area contributed by atoms with E-state index in [2.05, 4.69) is 10.6 Å². The predicted octanol–water partition coefficient (Wildman–Crippen LogP) is 0.652. The van der Waals surface area contributed by atoms with Gasteiger partial charge in [-0.2, -0.15) is 0 Å². The maximum atomic E-state index is 11.5. The number of carbonyl (C=O) groups is 1. The van der Waals surface area contributed by atoms with Crippen LogP contribution in [0.4, 0.5) is 0 Å². The quantitative estimate of drug-likeness (QED) is 0.558. The van der Waals surface area contributed by atoms with Gasteiger partial charge in [0.05, 0.1) is 0 Å². The summed E-state index contributed by atoms with van der Waals surface area (Å²) in [4.78, 5) is 11.5. The number of hydrogen-bond donors (Lipinski definition) is 3. The van der Waals surface area contributed by atoms with Crippen LogP contribution < -0.4 is 10.6 Å². The van der Waals surface area contributed by atoms with Gasteiger partial charge >= 0.3 is 0 Å². The van der Waals surface area contributed by atoms with Crippen LogP contribution in [0.3, 0.4) is 0 Å². The molecule has 0 spiro atoms. The maximum Gasteiger partial charge on any atom is 0.221 e. The van der Waals surface area contributed by atoms with E-state index in [0.29, 0.717) is 6.42 Å². The van der Waals surface area contributed by atoms with E-state index in [1.807, 2.05) is 20.8 Å². The standard InChI is InChI=1S/C11H24N2O2/c1-4-12-10(3)8-11(15)13-9(2)6-5-7-14/h9-10,12,14H,4-8H2,1-3H3,(H,13,15). The molecule has 0 radical (unpaired) electrons. The summed E-state index contributed by atoms with van der Waals surface area (Å²) >= 11 is 0. The van der Waals surface area contributed by atoms with E-state index in [-0.39, 0.29) is 24.6 Å². The van der Waals surface area contributed by atoms with Crippen molar-refractivity contribution >= 4 is 5.91 Å². The Labute approximate surface area is 92.4 Å². The topological polar surface area (TPSA) is 61.4 Å². The lowest BCUT2D eigenvalue weighted by atomic mass is 10.1. The van der Waals surface area contributed by atoms with Crippen LogP contribution in [0.15, 0.2) is 0 Å². The minimum absolute atomic E-state index is 0.0777. The van der Waals surface area contributed by atoms with Crippen molar-refractivity contribution in [3.8, 4) is 0 Å². The summed E-state index contributed by atoms with van der Waals surface area (Å²) in [6.45, 7) is 7.06. The van der Waals surface area contributed by atoms with Crippen LogP contribution in [0.25, 0.3) is 0 Å². The molecule has 4 heteroatoms. The Morgan fingerprint density at radius 3 is 2.53 bits per heavy atom. The molecule has 0 aromatic heterocycles. The lowest BCUT2D eigenvalue weighted by molar-refractivity contribution is -0.122. The van der Waals surface area contributed by atoms with E-state index in [1.54, 1.807) is 0 Å². The molecule has 2 atom stereocenters. The SMILES string of the molecule is CCNC(C)CC(=O)NC(C)CCCO. The minimum atomic E-state index is 0.0777. The van der Waals surface area contributed by atoms with Crippen LogP contribution >= 0.6 is 0 Å². The van der Waals surface area contributed by atoms with Gasteiger partial charge in [-0.1, -0.05) is 6.92 Å². The van der Waals surface area contributed by atoms with E-state index in [9.17, 15) is 4.79 Å². The van der Waals surface area contributed by atoms with Crippen LogP contribution in [0.1, 0.15) is 40.0 Å². The average molecular weight is 216 g/mol. The molecule has 0 fully saturated rings. The summed E-state index contributed by atoms with van der Waals surface area (Å²) in [6, 6.07) is 0.374. The first-order valence-electron chi connectivity index (χ1n) is 5.73. The molecular formula is C11H24N2O2. The molecule has 0 heterocycles. The largest absolute Gasteiger partial charge is 0.396 e. The van der Waals surface area contributed by atoms with E-state index >= 15 is 0 Å². The third-order valence-electron chi connectivity index (χ3n) is 2.25. The third-order valence-corrected chi connectivity index (χ3v) is 2.25. The van der Waals surface area contributed by atoms with Crippen LogP contribution in [0.5, 0.6) is 0 Å². The Morgan fingerprint density at radius 1 is 1.33 bits per heavy atom. The summed E-state index contributed by atoms with van der Waals surface area (Å²) in [6.07, 6.45) is 2.08. The molecule has 0 aromatic rings. The molecule has 2 unspecified atom stereocenters. The molecule has 90 valence electrons. The van der Waals surface area contributed by atoms with E-state index < -0.39 is 0 Å². The molecule has 0 aliphatic heterocycles. The zero-order valence-corrected chi connectivity index (χ0v) is 10.0. The molecule has 0 aliphatic rings.